The zero-order valence-electron chi connectivity index (χ0n) is 14.6. The van der Waals surface area contributed by atoms with Gasteiger partial charge in [-0.1, -0.05) is 36.6 Å². The Hall–Kier alpha value is -1.78. The highest BCUT2D eigenvalue weighted by molar-refractivity contribution is 6.29. The molecule has 1 heterocycles. The zero-order valence-corrected chi connectivity index (χ0v) is 15.4. The normalized spacial score (nSPS) is 14.6. The molecular weight excluding hydrogens is 336 g/mol. The third-order valence-electron chi connectivity index (χ3n) is 4.44. The van der Waals surface area contributed by atoms with Crippen molar-refractivity contribution in [3.8, 4) is 11.5 Å². The number of hydrogen-bond acceptors (Lipinski definition) is 4. The first-order valence-corrected chi connectivity index (χ1v) is 9.34. The summed E-state index contributed by atoms with van der Waals surface area (Å²) in [5, 5.41) is 4.12. The Labute approximate surface area is 154 Å². The highest BCUT2D eigenvalue weighted by atomic mass is 35.5. The molecule has 1 N–H and O–H groups in total. The fourth-order valence-corrected chi connectivity index (χ4v) is 3.21. The van der Waals surface area contributed by atoms with E-state index in [0.717, 1.165) is 23.6 Å². The van der Waals surface area contributed by atoms with E-state index in [9.17, 15) is 0 Å². The molecule has 3 rings (SSSR count). The first-order valence-electron chi connectivity index (χ1n) is 8.97. The molecule has 0 bridgehead atoms. The van der Waals surface area contributed by atoms with Crippen molar-refractivity contribution < 1.29 is 9.47 Å². The molecule has 1 saturated carbocycles. The van der Waals surface area contributed by atoms with Gasteiger partial charge in [-0.25, -0.2) is 4.98 Å². The molecule has 1 aliphatic carbocycles. The molecule has 1 fully saturated rings. The third-order valence-corrected chi connectivity index (χ3v) is 4.66. The van der Waals surface area contributed by atoms with Crippen LogP contribution in [0.2, 0.25) is 5.15 Å². The van der Waals surface area contributed by atoms with Gasteiger partial charge in [0.1, 0.15) is 11.8 Å². The summed E-state index contributed by atoms with van der Waals surface area (Å²) in [6, 6.07) is 10.5. The van der Waals surface area contributed by atoms with Crippen LogP contribution >= 0.6 is 11.6 Å². The van der Waals surface area contributed by atoms with Crippen molar-refractivity contribution in [1.82, 2.24) is 10.3 Å². The number of pyridine rings is 1. The van der Waals surface area contributed by atoms with Crippen molar-refractivity contribution in [2.75, 3.05) is 6.61 Å². The van der Waals surface area contributed by atoms with Gasteiger partial charge in [0.05, 0.1) is 6.61 Å². The van der Waals surface area contributed by atoms with E-state index in [1.54, 1.807) is 12.3 Å². The van der Waals surface area contributed by atoms with E-state index in [1.165, 1.54) is 31.2 Å². The van der Waals surface area contributed by atoms with E-state index in [-0.39, 0.29) is 0 Å². The van der Waals surface area contributed by atoms with E-state index in [0.29, 0.717) is 24.4 Å². The topological polar surface area (TPSA) is 43.4 Å². The summed E-state index contributed by atoms with van der Waals surface area (Å²) >= 11 is 5.81. The van der Waals surface area contributed by atoms with Crippen molar-refractivity contribution in [1.29, 1.82) is 0 Å². The van der Waals surface area contributed by atoms with Crippen LogP contribution in [0.25, 0.3) is 0 Å². The fraction of sp³-hybridized carbons (Fsp3) is 0.450. The number of ether oxygens (including phenoxy) is 2. The van der Waals surface area contributed by atoms with E-state index >= 15 is 0 Å². The van der Waals surface area contributed by atoms with E-state index in [4.69, 9.17) is 21.1 Å². The largest absolute Gasteiger partial charge is 0.490 e. The van der Waals surface area contributed by atoms with Crippen molar-refractivity contribution in [3.63, 3.8) is 0 Å². The van der Waals surface area contributed by atoms with Crippen LogP contribution in [0, 0.1) is 0 Å². The van der Waals surface area contributed by atoms with Crippen LogP contribution in [0.4, 0.5) is 0 Å². The number of rotatable bonds is 8. The highest BCUT2D eigenvalue weighted by Gasteiger charge is 2.14. The summed E-state index contributed by atoms with van der Waals surface area (Å²) in [5.41, 5.74) is 2.19. The minimum atomic E-state index is 0.434. The molecule has 0 aliphatic heterocycles. The Bertz CT molecular complexity index is 670. The lowest BCUT2D eigenvalue weighted by molar-refractivity contribution is 0.268. The van der Waals surface area contributed by atoms with Crippen molar-refractivity contribution in [2.24, 2.45) is 0 Å². The molecule has 0 radical (unpaired) electrons. The first-order chi connectivity index (χ1) is 12.2. The maximum absolute atomic E-state index is 5.92. The Morgan fingerprint density at radius 3 is 2.60 bits per heavy atom. The summed E-state index contributed by atoms with van der Waals surface area (Å²) in [7, 11) is 0. The van der Waals surface area contributed by atoms with Crippen LogP contribution in [0.1, 0.15) is 43.7 Å². The van der Waals surface area contributed by atoms with Crippen LogP contribution in [-0.4, -0.2) is 17.6 Å². The molecule has 1 aromatic heterocycles. The molecule has 4 nitrogen and oxygen atoms in total. The molecule has 0 amide bonds. The average Bonchev–Trinajstić information content (AvgIpc) is 3.14. The van der Waals surface area contributed by atoms with Gasteiger partial charge in [0.2, 0.25) is 0 Å². The SMILES string of the molecule is CCOc1cc(CNC2CCCC2)ccc1OCc1ccc(Cl)nc1. The zero-order chi connectivity index (χ0) is 17.5. The summed E-state index contributed by atoms with van der Waals surface area (Å²) < 4.78 is 11.7. The predicted molar refractivity (Wildman–Crippen MR) is 100 cm³/mol. The first kappa shape index (κ1) is 18.0. The number of nitrogens with one attached hydrogen (secondary N) is 1. The Balaban J connectivity index is 1.62. The fourth-order valence-electron chi connectivity index (χ4n) is 3.10. The molecule has 25 heavy (non-hydrogen) atoms. The van der Waals surface area contributed by atoms with Gasteiger partial charge < -0.3 is 14.8 Å². The van der Waals surface area contributed by atoms with Gasteiger partial charge in [-0.05, 0) is 43.5 Å². The van der Waals surface area contributed by atoms with Gasteiger partial charge in [0.25, 0.3) is 0 Å². The molecule has 0 saturated heterocycles. The van der Waals surface area contributed by atoms with Crippen LogP contribution in [-0.2, 0) is 13.2 Å². The number of nitrogens with zero attached hydrogens (tertiary/aromatic N) is 1. The monoisotopic (exact) mass is 360 g/mol. The second-order valence-corrected chi connectivity index (χ2v) is 6.74. The minimum Gasteiger partial charge on any atom is -0.490 e. The summed E-state index contributed by atoms with van der Waals surface area (Å²) in [6.07, 6.45) is 6.98. The van der Waals surface area contributed by atoms with Crippen LogP contribution in [0.15, 0.2) is 36.5 Å². The Morgan fingerprint density at radius 2 is 1.88 bits per heavy atom. The number of halogens is 1. The highest BCUT2D eigenvalue weighted by Crippen LogP contribution is 2.29. The van der Waals surface area contributed by atoms with E-state index in [2.05, 4.69) is 22.4 Å². The van der Waals surface area contributed by atoms with Crippen LogP contribution < -0.4 is 14.8 Å². The standard InChI is InChI=1S/C20H25ClN2O2/c1-2-24-19-11-15(12-22-17-5-3-4-6-17)7-9-18(19)25-14-16-8-10-20(21)23-13-16/h7-11,13,17,22H,2-6,12,14H2,1H3. The van der Waals surface area contributed by atoms with Gasteiger partial charge in [-0.2, -0.15) is 0 Å². The van der Waals surface area contributed by atoms with E-state index in [1.807, 2.05) is 19.1 Å². The summed E-state index contributed by atoms with van der Waals surface area (Å²) in [4.78, 5) is 4.07. The molecule has 134 valence electrons. The van der Waals surface area contributed by atoms with Crippen molar-refractivity contribution in [3.05, 3.63) is 52.8 Å². The third kappa shape index (κ3) is 5.35. The molecule has 0 spiro atoms. The summed E-state index contributed by atoms with van der Waals surface area (Å²) in [6.45, 7) is 3.89. The Kier molecular flexibility index (Phi) is 6.54. The molecule has 5 heteroatoms. The van der Waals surface area contributed by atoms with Gasteiger partial charge >= 0.3 is 0 Å². The van der Waals surface area contributed by atoms with Crippen molar-refractivity contribution in [2.45, 2.75) is 51.8 Å². The number of hydrogen-bond donors (Lipinski definition) is 1. The average molecular weight is 361 g/mol. The lowest BCUT2D eigenvalue weighted by atomic mass is 10.1. The summed E-state index contributed by atoms with van der Waals surface area (Å²) in [5.74, 6) is 1.54. The maximum Gasteiger partial charge on any atom is 0.161 e. The van der Waals surface area contributed by atoms with Gasteiger partial charge in [0, 0.05) is 24.3 Å². The maximum atomic E-state index is 5.92. The second kappa shape index (κ2) is 9.07. The molecule has 2 aromatic rings. The van der Waals surface area contributed by atoms with Gasteiger partial charge in [0.15, 0.2) is 11.5 Å². The minimum absolute atomic E-state index is 0.434. The number of benzene rings is 1. The molecule has 1 aliphatic rings. The quantitative estimate of drug-likeness (QED) is 0.690. The molecular formula is C20H25ClN2O2. The van der Waals surface area contributed by atoms with Gasteiger partial charge in [-0.15, -0.1) is 0 Å². The number of aromatic nitrogens is 1. The predicted octanol–water partition coefficient (Wildman–Crippen LogP) is 4.74. The smallest absolute Gasteiger partial charge is 0.161 e. The van der Waals surface area contributed by atoms with Crippen LogP contribution in [0.3, 0.4) is 0 Å². The van der Waals surface area contributed by atoms with E-state index < -0.39 is 0 Å². The molecule has 0 unspecified atom stereocenters. The lowest BCUT2D eigenvalue weighted by Gasteiger charge is -2.15. The molecule has 1 aromatic carbocycles. The Morgan fingerprint density at radius 1 is 1.08 bits per heavy atom. The molecule has 0 atom stereocenters. The second-order valence-electron chi connectivity index (χ2n) is 6.35. The lowest BCUT2D eigenvalue weighted by Crippen LogP contribution is -2.25. The van der Waals surface area contributed by atoms with Crippen molar-refractivity contribution >= 4 is 11.6 Å². The van der Waals surface area contributed by atoms with Gasteiger partial charge in [-0.3, -0.25) is 0 Å². The van der Waals surface area contributed by atoms with Crippen LogP contribution in [0.5, 0.6) is 11.5 Å².